The highest BCUT2D eigenvalue weighted by atomic mass is 35.5. The Balaban J connectivity index is 1.61. The lowest BCUT2D eigenvalue weighted by Gasteiger charge is -2.10. The summed E-state index contributed by atoms with van der Waals surface area (Å²) in [7, 11) is 0. The third-order valence-corrected chi connectivity index (χ3v) is 5.10. The topological polar surface area (TPSA) is 108 Å². The smallest absolute Gasteiger partial charge is 0.330 e. The molecule has 0 amide bonds. The van der Waals surface area contributed by atoms with Crippen molar-refractivity contribution >= 4 is 46.3 Å². The average Bonchev–Trinajstić information content (AvgIpc) is 3.18. The molecule has 0 fully saturated rings. The zero-order chi connectivity index (χ0) is 21.8. The van der Waals surface area contributed by atoms with E-state index >= 15 is 0 Å². The van der Waals surface area contributed by atoms with Crippen LogP contribution in [-0.2, 0) is 4.79 Å². The van der Waals surface area contributed by atoms with Crippen molar-refractivity contribution in [1.82, 2.24) is 5.16 Å². The van der Waals surface area contributed by atoms with Crippen molar-refractivity contribution in [3.05, 3.63) is 77.3 Å². The van der Waals surface area contributed by atoms with Gasteiger partial charge in [-0.25, -0.2) is 4.79 Å². The minimum atomic E-state index is -1.21. The number of aliphatic hydroxyl groups excluding tert-OH is 1. The zero-order valence-electron chi connectivity index (χ0n) is 16.2. The number of halogens is 1. The van der Waals surface area contributed by atoms with E-state index in [0.29, 0.717) is 27.7 Å². The molecule has 0 unspecified atom stereocenters. The zero-order valence-corrected chi connectivity index (χ0v) is 17.0. The molecule has 0 saturated carbocycles. The molecule has 0 bridgehead atoms. The normalized spacial score (nSPS) is 12.3. The SMILES string of the molecule is O=C(O)[C@H](CO)N=Cc1ccc2c(Nc3cccc(-c4ccccc4)c3Cl)noc2c1. The summed E-state index contributed by atoms with van der Waals surface area (Å²) in [6, 6.07) is 19.6. The van der Waals surface area contributed by atoms with Crippen LogP contribution in [-0.4, -0.2) is 40.2 Å². The van der Waals surface area contributed by atoms with Crippen LogP contribution in [0.4, 0.5) is 11.5 Å². The lowest BCUT2D eigenvalue weighted by molar-refractivity contribution is -0.139. The van der Waals surface area contributed by atoms with Crippen LogP contribution in [0.3, 0.4) is 0 Å². The van der Waals surface area contributed by atoms with Gasteiger partial charge in [-0.2, -0.15) is 0 Å². The summed E-state index contributed by atoms with van der Waals surface area (Å²) in [5, 5.41) is 26.6. The Morgan fingerprint density at radius 3 is 2.71 bits per heavy atom. The molecule has 1 aromatic heterocycles. The quantitative estimate of drug-likeness (QED) is 0.361. The Morgan fingerprint density at radius 1 is 1.16 bits per heavy atom. The van der Waals surface area contributed by atoms with Crippen LogP contribution in [0.2, 0.25) is 5.02 Å². The predicted molar refractivity (Wildman–Crippen MR) is 120 cm³/mol. The molecule has 31 heavy (non-hydrogen) atoms. The van der Waals surface area contributed by atoms with Gasteiger partial charge in [0.1, 0.15) is 0 Å². The number of carboxylic acids is 1. The second-order valence-electron chi connectivity index (χ2n) is 6.76. The van der Waals surface area contributed by atoms with E-state index in [1.165, 1.54) is 6.21 Å². The summed E-state index contributed by atoms with van der Waals surface area (Å²) >= 11 is 6.64. The third kappa shape index (κ3) is 4.42. The fourth-order valence-corrected chi connectivity index (χ4v) is 3.37. The van der Waals surface area contributed by atoms with Crippen molar-refractivity contribution in [3.63, 3.8) is 0 Å². The number of anilines is 2. The van der Waals surface area contributed by atoms with E-state index in [1.54, 1.807) is 18.2 Å². The van der Waals surface area contributed by atoms with E-state index in [4.69, 9.17) is 26.3 Å². The summed E-state index contributed by atoms with van der Waals surface area (Å²) in [5.74, 6) is -0.690. The van der Waals surface area contributed by atoms with Crippen molar-refractivity contribution in [1.29, 1.82) is 0 Å². The number of aliphatic hydroxyl groups is 1. The lowest BCUT2D eigenvalue weighted by atomic mass is 10.0. The summed E-state index contributed by atoms with van der Waals surface area (Å²) in [5.41, 5.74) is 3.72. The number of aliphatic carboxylic acids is 1. The number of fused-ring (bicyclic) bond motifs is 1. The van der Waals surface area contributed by atoms with Gasteiger partial charge in [0, 0.05) is 11.8 Å². The Bertz CT molecular complexity index is 1250. The van der Waals surface area contributed by atoms with E-state index in [9.17, 15) is 4.79 Å². The van der Waals surface area contributed by atoms with E-state index in [2.05, 4.69) is 15.5 Å². The highest BCUT2D eigenvalue weighted by molar-refractivity contribution is 6.36. The largest absolute Gasteiger partial charge is 0.480 e. The maximum absolute atomic E-state index is 11.0. The number of nitrogens with one attached hydrogen (secondary N) is 1. The van der Waals surface area contributed by atoms with Gasteiger partial charge in [-0.05, 0) is 29.3 Å². The molecule has 156 valence electrons. The third-order valence-electron chi connectivity index (χ3n) is 4.69. The molecule has 0 radical (unpaired) electrons. The molecule has 8 heteroatoms. The van der Waals surface area contributed by atoms with Crippen molar-refractivity contribution in [2.24, 2.45) is 4.99 Å². The van der Waals surface area contributed by atoms with Gasteiger partial charge in [0.05, 0.1) is 22.7 Å². The molecule has 3 N–H and O–H groups in total. The number of nitrogens with zero attached hydrogens (tertiary/aromatic N) is 2. The van der Waals surface area contributed by atoms with Crippen molar-refractivity contribution < 1.29 is 19.5 Å². The van der Waals surface area contributed by atoms with Crippen LogP contribution in [0.25, 0.3) is 22.1 Å². The molecule has 1 heterocycles. The van der Waals surface area contributed by atoms with Gasteiger partial charge in [0.15, 0.2) is 17.4 Å². The first-order valence-corrected chi connectivity index (χ1v) is 9.82. The summed E-state index contributed by atoms with van der Waals surface area (Å²) in [4.78, 5) is 14.8. The van der Waals surface area contributed by atoms with Crippen LogP contribution >= 0.6 is 11.6 Å². The van der Waals surface area contributed by atoms with Crippen molar-refractivity contribution in [3.8, 4) is 11.1 Å². The van der Waals surface area contributed by atoms with Gasteiger partial charge in [-0.15, -0.1) is 0 Å². The van der Waals surface area contributed by atoms with E-state index in [0.717, 1.165) is 16.5 Å². The predicted octanol–water partition coefficient (Wildman–Crippen LogP) is 4.76. The van der Waals surface area contributed by atoms with Crippen LogP contribution in [0.15, 0.2) is 76.2 Å². The number of carboxylic acid groups (broad SMARTS) is 1. The fourth-order valence-electron chi connectivity index (χ4n) is 3.09. The number of aliphatic imine (C=N–C) groups is 1. The maximum Gasteiger partial charge on any atom is 0.330 e. The second kappa shape index (κ2) is 8.99. The van der Waals surface area contributed by atoms with Gasteiger partial charge in [-0.3, -0.25) is 4.99 Å². The minimum Gasteiger partial charge on any atom is -0.480 e. The molecular formula is C23H18ClN3O4. The lowest BCUT2D eigenvalue weighted by Crippen LogP contribution is -2.22. The monoisotopic (exact) mass is 435 g/mol. The number of carbonyl (C=O) groups is 1. The Labute approximate surface area is 182 Å². The summed E-state index contributed by atoms with van der Waals surface area (Å²) < 4.78 is 5.41. The summed E-state index contributed by atoms with van der Waals surface area (Å²) in [6.45, 7) is -0.576. The van der Waals surface area contributed by atoms with E-state index < -0.39 is 18.6 Å². The van der Waals surface area contributed by atoms with Crippen LogP contribution in [0, 0.1) is 0 Å². The van der Waals surface area contributed by atoms with Crippen LogP contribution < -0.4 is 5.32 Å². The van der Waals surface area contributed by atoms with Crippen molar-refractivity contribution in [2.45, 2.75) is 6.04 Å². The van der Waals surface area contributed by atoms with Gasteiger partial charge in [0.25, 0.3) is 0 Å². The molecule has 3 aromatic carbocycles. The van der Waals surface area contributed by atoms with E-state index in [-0.39, 0.29) is 0 Å². The molecule has 0 aliphatic heterocycles. The first kappa shape index (κ1) is 20.6. The first-order valence-electron chi connectivity index (χ1n) is 9.44. The number of hydrogen-bond donors (Lipinski definition) is 3. The molecule has 0 saturated heterocycles. The highest BCUT2D eigenvalue weighted by Crippen LogP contribution is 2.36. The molecule has 7 nitrogen and oxygen atoms in total. The van der Waals surface area contributed by atoms with Gasteiger partial charge >= 0.3 is 5.97 Å². The fraction of sp³-hybridized carbons (Fsp3) is 0.0870. The van der Waals surface area contributed by atoms with Gasteiger partial charge < -0.3 is 20.1 Å². The standard InChI is InChI=1S/C23H18ClN3O4/c24-21-16(15-5-2-1-3-6-15)7-4-8-18(21)26-22-17-10-9-14(11-20(17)31-27-22)12-25-19(13-28)23(29)30/h1-12,19,28H,13H2,(H,26,27)(H,29,30)/t19-/m0/s1. The van der Waals surface area contributed by atoms with Crippen LogP contribution in [0.5, 0.6) is 0 Å². The Hall–Kier alpha value is -3.68. The number of rotatable bonds is 7. The molecule has 0 aliphatic rings. The average molecular weight is 436 g/mol. The van der Waals surface area contributed by atoms with Crippen LogP contribution in [0.1, 0.15) is 5.56 Å². The summed E-state index contributed by atoms with van der Waals surface area (Å²) in [6.07, 6.45) is 1.38. The minimum absolute atomic E-state index is 0.498. The number of hydrogen-bond acceptors (Lipinski definition) is 6. The Morgan fingerprint density at radius 2 is 1.97 bits per heavy atom. The number of aromatic nitrogens is 1. The molecule has 0 spiro atoms. The van der Waals surface area contributed by atoms with Gasteiger partial charge in [0.2, 0.25) is 0 Å². The second-order valence-corrected chi connectivity index (χ2v) is 7.14. The molecule has 1 atom stereocenters. The molecular weight excluding hydrogens is 418 g/mol. The highest BCUT2D eigenvalue weighted by Gasteiger charge is 2.15. The molecule has 4 aromatic rings. The Kier molecular flexibility index (Phi) is 5.97. The number of benzene rings is 3. The van der Waals surface area contributed by atoms with Crippen molar-refractivity contribution in [2.75, 3.05) is 11.9 Å². The maximum atomic E-state index is 11.0. The van der Waals surface area contributed by atoms with Gasteiger partial charge in [-0.1, -0.05) is 65.3 Å². The molecule has 0 aliphatic carbocycles. The first-order chi connectivity index (χ1) is 15.1. The van der Waals surface area contributed by atoms with E-state index in [1.807, 2.05) is 48.5 Å². The molecule has 4 rings (SSSR count).